The van der Waals surface area contributed by atoms with Crippen molar-refractivity contribution in [2.75, 3.05) is 5.32 Å². The van der Waals surface area contributed by atoms with E-state index in [2.05, 4.69) is 10.6 Å². The fourth-order valence-corrected chi connectivity index (χ4v) is 4.83. The highest BCUT2D eigenvalue weighted by Gasteiger charge is 2.34. The molecule has 0 spiro atoms. The molecular weight excluding hydrogens is 528 g/mol. The first kappa shape index (κ1) is 27.9. The number of alkyl halides is 3. The number of carbonyl (C=O) groups is 2. The van der Waals surface area contributed by atoms with Crippen LogP contribution in [0.15, 0.2) is 108 Å². The van der Waals surface area contributed by atoms with Gasteiger partial charge in [0.25, 0.3) is 5.91 Å². The van der Waals surface area contributed by atoms with E-state index in [9.17, 15) is 27.2 Å². The number of hydrogen-bond acceptors (Lipinski definition) is 3. The lowest BCUT2D eigenvalue weighted by molar-refractivity contribution is -0.139. The predicted molar refractivity (Wildman–Crippen MR) is 144 cm³/mol. The molecule has 0 aliphatic carbocycles. The average molecular weight is 553 g/mol. The Hall–Kier alpha value is -4.11. The van der Waals surface area contributed by atoms with Gasteiger partial charge in [0.1, 0.15) is 11.9 Å². The number of nitrogens with one attached hydrogen (secondary N) is 2. The Bertz CT molecular complexity index is 1410. The number of carbonyl (C=O) groups excluding carboxylic acids is 2. The average Bonchev–Trinajstić information content (AvgIpc) is 2.93. The lowest BCUT2D eigenvalue weighted by Gasteiger charge is -2.20. The largest absolute Gasteiger partial charge is 0.417 e. The molecule has 0 aliphatic heterocycles. The third-order valence-corrected chi connectivity index (χ3v) is 6.95. The van der Waals surface area contributed by atoms with Crippen molar-refractivity contribution in [1.82, 2.24) is 5.32 Å². The molecule has 0 bridgehead atoms. The second-order valence-electron chi connectivity index (χ2n) is 8.69. The number of amides is 2. The zero-order valence-corrected chi connectivity index (χ0v) is 21.4. The Kier molecular flexibility index (Phi) is 9.03. The molecule has 4 aromatic rings. The van der Waals surface area contributed by atoms with Crippen LogP contribution in [0.2, 0.25) is 0 Å². The van der Waals surface area contributed by atoms with Gasteiger partial charge in [-0.1, -0.05) is 60.7 Å². The van der Waals surface area contributed by atoms with Gasteiger partial charge in [-0.25, -0.2) is 4.39 Å². The number of anilines is 1. The predicted octanol–water partition coefficient (Wildman–Crippen LogP) is 7.12. The van der Waals surface area contributed by atoms with E-state index >= 15 is 0 Å². The van der Waals surface area contributed by atoms with Gasteiger partial charge in [0, 0.05) is 28.3 Å². The molecule has 2 amide bonds. The lowest BCUT2D eigenvalue weighted by atomic mass is 10.0. The smallest absolute Gasteiger partial charge is 0.340 e. The van der Waals surface area contributed by atoms with Crippen molar-refractivity contribution in [3.05, 3.63) is 131 Å². The molecule has 0 fully saturated rings. The zero-order valence-electron chi connectivity index (χ0n) is 20.5. The molecule has 1 atom stereocenters. The highest BCUT2D eigenvalue weighted by molar-refractivity contribution is 7.98. The molecule has 4 aromatic carbocycles. The second-order valence-corrected chi connectivity index (χ2v) is 9.71. The minimum atomic E-state index is -4.64. The molecule has 200 valence electrons. The Morgan fingerprint density at radius 3 is 2.03 bits per heavy atom. The number of halogens is 4. The van der Waals surface area contributed by atoms with Crippen LogP contribution in [0.5, 0.6) is 0 Å². The van der Waals surface area contributed by atoms with E-state index < -0.39 is 35.4 Å². The van der Waals surface area contributed by atoms with Crippen LogP contribution in [-0.2, 0) is 23.1 Å². The zero-order chi connectivity index (χ0) is 27.8. The molecule has 4 rings (SSSR count). The first-order chi connectivity index (χ1) is 18.7. The summed E-state index contributed by atoms with van der Waals surface area (Å²) in [6.07, 6.45) is -4.54. The van der Waals surface area contributed by atoms with Gasteiger partial charge >= 0.3 is 6.18 Å². The summed E-state index contributed by atoms with van der Waals surface area (Å²) in [5, 5.41) is 5.14. The van der Waals surface area contributed by atoms with Gasteiger partial charge in [-0.2, -0.15) is 13.2 Å². The minimum absolute atomic E-state index is 0.0369. The number of thioether (sulfide) groups is 1. The van der Waals surface area contributed by atoms with E-state index in [1.165, 1.54) is 24.3 Å². The van der Waals surface area contributed by atoms with Crippen LogP contribution in [0, 0.1) is 5.82 Å². The normalized spacial score (nSPS) is 12.0. The van der Waals surface area contributed by atoms with Gasteiger partial charge in [0.05, 0.1) is 5.56 Å². The molecule has 4 nitrogen and oxygen atoms in total. The molecule has 0 aliphatic rings. The van der Waals surface area contributed by atoms with Gasteiger partial charge in [-0.3, -0.25) is 9.59 Å². The number of rotatable bonds is 9. The summed E-state index contributed by atoms with van der Waals surface area (Å²) in [7, 11) is 0. The van der Waals surface area contributed by atoms with Crippen LogP contribution in [0.3, 0.4) is 0 Å². The maximum absolute atomic E-state index is 13.9. The monoisotopic (exact) mass is 552 g/mol. The van der Waals surface area contributed by atoms with Crippen LogP contribution in [0.1, 0.15) is 27.0 Å². The van der Waals surface area contributed by atoms with E-state index in [-0.39, 0.29) is 22.6 Å². The molecule has 0 saturated heterocycles. The SMILES string of the molecule is O=C(NC(Cc1ccccc1)C(=O)Nc1ccc(SCc2ccccc2)c(C(F)(F)F)c1)c1ccc(F)cc1. The molecule has 0 radical (unpaired) electrons. The molecule has 2 N–H and O–H groups in total. The van der Waals surface area contributed by atoms with Crippen molar-refractivity contribution in [2.24, 2.45) is 0 Å². The maximum Gasteiger partial charge on any atom is 0.417 e. The summed E-state index contributed by atoms with van der Waals surface area (Å²) in [6, 6.07) is 25.4. The van der Waals surface area contributed by atoms with Crippen molar-refractivity contribution in [3.8, 4) is 0 Å². The molecule has 0 aromatic heterocycles. The molecular formula is C30H24F4N2O2S. The van der Waals surface area contributed by atoms with Crippen LogP contribution >= 0.6 is 11.8 Å². The van der Waals surface area contributed by atoms with Crippen molar-refractivity contribution >= 4 is 29.3 Å². The number of hydrogen-bond donors (Lipinski definition) is 2. The van der Waals surface area contributed by atoms with Crippen molar-refractivity contribution in [2.45, 2.75) is 29.3 Å². The standard InChI is InChI=1S/C30H24F4N2O2S/c31-23-13-11-22(12-14-23)28(37)36-26(17-20-7-3-1-4-8-20)29(38)35-24-15-16-27(25(18-24)30(32,33)34)39-19-21-9-5-2-6-10-21/h1-16,18,26H,17,19H2,(H,35,38)(H,36,37). The van der Waals surface area contributed by atoms with Crippen molar-refractivity contribution < 1.29 is 27.2 Å². The highest BCUT2D eigenvalue weighted by Crippen LogP contribution is 2.39. The topological polar surface area (TPSA) is 58.2 Å². The molecule has 0 saturated carbocycles. The van der Waals surface area contributed by atoms with E-state index in [1.54, 1.807) is 30.3 Å². The fourth-order valence-electron chi connectivity index (χ4n) is 3.82. The van der Waals surface area contributed by atoms with Crippen LogP contribution in [-0.4, -0.2) is 17.9 Å². The lowest BCUT2D eigenvalue weighted by Crippen LogP contribution is -2.45. The van der Waals surface area contributed by atoms with Crippen molar-refractivity contribution in [1.29, 1.82) is 0 Å². The molecule has 1 unspecified atom stereocenters. The van der Waals surface area contributed by atoms with E-state index in [1.807, 2.05) is 30.3 Å². The first-order valence-electron chi connectivity index (χ1n) is 12.0. The molecule has 0 heterocycles. The van der Waals surface area contributed by atoms with Crippen LogP contribution in [0.4, 0.5) is 23.2 Å². The number of benzene rings is 4. The third-order valence-electron chi connectivity index (χ3n) is 5.80. The summed E-state index contributed by atoms with van der Waals surface area (Å²) in [5.41, 5.74) is 0.845. The molecule has 9 heteroatoms. The molecule has 39 heavy (non-hydrogen) atoms. The summed E-state index contributed by atoms with van der Waals surface area (Å²) in [5.74, 6) is -1.47. The Balaban J connectivity index is 1.54. The van der Waals surface area contributed by atoms with E-state index in [0.29, 0.717) is 5.75 Å². The van der Waals surface area contributed by atoms with E-state index in [0.717, 1.165) is 41.1 Å². The minimum Gasteiger partial charge on any atom is -0.340 e. The Morgan fingerprint density at radius 1 is 0.795 bits per heavy atom. The maximum atomic E-state index is 13.9. The first-order valence-corrected chi connectivity index (χ1v) is 13.0. The Morgan fingerprint density at radius 2 is 1.41 bits per heavy atom. The van der Waals surface area contributed by atoms with Crippen LogP contribution in [0.25, 0.3) is 0 Å². The third kappa shape index (κ3) is 7.94. The van der Waals surface area contributed by atoms with E-state index in [4.69, 9.17) is 0 Å². The van der Waals surface area contributed by atoms with Gasteiger partial charge in [-0.15, -0.1) is 11.8 Å². The summed E-state index contributed by atoms with van der Waals surface area (Å²) in [4.78, 5) is 26.0. The Labute approximate surface area is 227 Å². The quantitative estimate of drug-likeness (QED) is 0.172. The fraction of sp³-hybridized carbons (Fsp3) is 0.133. The van der Waals surface area contributed by atoms with Gasteiger partial charge < -0.3 is 10.6 Å². The highest BCUT2D eigenvalue weighted by atomic mass is 32.2. The summed E-state index contributed by atoms with van der Waals surface area (Å²) in [6.45, 7) is 0. The van der Waals surface area contributed by atoms with Gasteiger partial charge in [0.2, 0.25) is 5.91 Å². The van der Waals surface area contributed by atoms with Crippen LogP contribution < -0.4 is 10.6 Å². The van der Waals surface area contributed by atoms with Gasteiger partial charge in [-0.05, 0) is 53.6 Å². The van der Waals surface area contributed by atoms with Crippen molar-refractivity contribution in [3.63, 3.8) is 0 Å². The van der Waals surface area contributed by atoms with Gasteiger partial charge in [0.15, 0.2) is 0 Å². The summed E-state index contributed by atoms with van der Waals surface area (Å²) < 4.78 is 55.0. The summed E-state index contributed by atoms with van der Waals surface area (Å²) >= 11 is 1.05. The second kappa shape index (κ2) is 12.6.